The first-order chi connectivity index (χ1) is 7.72. The van der Waals surface area contributed by atoms with E-state index >= 15 is 0 Å². The minimum atomic E-state index is 0.637. The van der Waals surface area contributed by atoms with Crippen LogP contribution in [0.1, 0.15) is 56.1 Å². The van der Waals surface area contributed by atoms with Crippen LogP contribution in [0.25, 0.3) is 0 Å². The molecule has 1 aromatic rings. The van der Waals surface area contributed by atoms with Crippen LogP contribution in [-0.2, 0) is 0 Å². The van der Waals surface area contributed by atoms with Crippen molar-refractivity contribution in [1.82, 2.24) is 5.32 Å². The molecule has 1 aromatic carbocycles. The number of benzene rings is 1. The molecule has 2 atom stereocenters. The van der Waals surface area contributed by atoms with E-state index in [9.17, 15) is 0 Å². The van der Waals surface area contributed by atoms with Gasteiger partial charge in [0, 0.05) is 6.04 Å². The summed E-state index contributed by atoms with van der Waals surface area (Å²) >= 11 is 0. The van der Waals surface area contributed by atoms with Crippen molar-refractivity contribution in [2.24, 2.45) is 0 Å². The molecule has 1 N–H and O–H groups in total. The molecular formula is C15H23N. The summed E-state index contributed by atoms with van der Waals surface area (Å²) in [7, 11) is 2.09. The van der Waals surface area contributed by atoms with E-state index in [1.165, 1.54) is 30.4 Å². The predicted octanol–water partition coefficient (Wildman–Crippen LogP) is 3.67. The zero-order valence-electron chi connectivity index (χ0n) is 10.7. The molecule has 2 unspecified atom stereocenters. The van der Waals surface area contributed by atoms with Crippen LogP contribution < -0.4 is 5.32 Å². The largest absolute Gasteiger partial charge is 0.316 e. The van der Waals surface area contributed by atoms with Crippen molar-refractivity contribution in [3.63, 3.8) is 0 Å². The monoisotopic (exact) mass is 217 g/mol. The van der Waals surface area contributed by atoms with Gasteiger partial charge in [0.15, 0.2) is 0 Å². The molecule has 1 fully saturated rings. The van der Waals surface area contributed by atoms with Gasteiger partial charge in [-0.05, 0) is 42.9 Å². The minimum Gasteiger partial charge on any atom is -0.316 e. The van der Waals surface area contributed by atoms with E-state index in [1.54, 1.807) is 0 Å². The Bertz CT molecular complexity index is 326. The Morgan fingerprint density at radius 1 is 1.12 bits per heavy atom. The third kappa shape index (κ3) is 2.30. The van der Waals surface area contributed by atoms with E-state index in [2.05, 4.69) is 50.5 Å². The lowest BCUT2D eigenvalue weighted by atomic mass is 9.92. The van der Waals surface area contributed by atoms with Crippen molar-refractivity contribution in [2.45, 2.75) is 51.0 Å². The van der Waals surface area contributed by atoms with Gasteiger partial charge in [-0.3, -0.25) is 0 Å². The number of hydrogen-bond acceptors (Lipinski definition) is 1. The third-order valence-electron chi connectivity index (χ3n) is 3.92. The topological polar surface area (TPSA) is 12.0 Å². The van der Waals surface area contributed by atoms with Crippen molar-refractivity contribution >= 4 is 0 Å². The quantitative estimate of drug-likeness (QED) is 0.814. The highest BCUT2D eigenvalue weighted by Crippen LogP contribution is 2.34. The molecule has 0 spiro atoms. The molecule has 1 nitrogen and oxygen atoms in total. The van der Waals surface area contributed by atoms with E-state index in [4.69, 9.17) is 0 Å². The summed E-state index contributed by atoms with van der Waals surface area (Å²) in [6.07, 6.45) is 4.03. The summed E-state index contributed by atoms with van der Waals surface area (Å²) in [6, 6.07) is 9.94. The van der Waals surface area contributed by atoms with E-state index in [0.717, 1.165) is 5.92 Å². The predicted molar refractivity (Wildman–Crippen MR) is 70.0 cm³/mol. The molecule has 2 rings (SSSR count). The first-order valence-electron chi connectivity index (χ1n) is 6.49. The molecule has 0 amide bonds. The second-order valence-corrected chi connectivity index (χ2v) is 5.25. The molecule has 1 aliphatic rings. The minimum absolute atomic E-state index is 0.637. The molecule has 0 aromatic heterocycles. The standard InChI is InChI=1S/C15H23N/c1-11(2)12-7-9-13(10-8-12)14-5-4-6-15(14)16-3/h7-11,14-16H,4-6H2,1-3H3. The molecule has 16 heavy (non-hydrogen) atoms. The van der Waals surface area contributed by atoms with E-state index < -0.39 is 0 Å². The van der Waals surface area contributed by atoms with Gasteiger partial charge in [0.1, 0.15) is 0 Å². The fourth-order valence-electron chi connectivity index (χ4n) is 2.83. The Morgan fingerprint density at radius 2 is 1.81 bits per heavy atom. The number of likely N-dealkylation sites (N-methyl/N-ethyl adjacent to an activating group) is 1. The van der Waals surface area contributed by atoms with Gasteiger partial charge in [0.2, 0.25) is 0 Å². The third-order valence-corrected chi connectivity index (χ3v) is 3.92. The first-order valence-corrected chi connectivity index (χ1v) is 6.49. The summed E-state index contributed by atoms with van der Waals surface area (Å²) in [5.74, 6) is 1.36. The highest BCUT2D eigenvalue weighted by atomic mass is 14.9. The van der Waals surface area contributed by atoms with Crippen LogP contribution in [0.3, 0.4) is 0 Å². The Morgan fingerprint density at radius 3 is 2.38 bits per heavy atom. The van der Waals surface area contributed by atoms with Crippen LogP contribution in [0.15, 0.2) is 24.3 Å². The highest BCUT2D eigenvalue weighted by molar-refractivity contribution is 5.28. The Kier molecular flexibility index (Phi) is 3.65. The summed E-state index contributed by atoms with van der Waals surface area (Å²) < 4.78 is 0. The molecule has 0 saturated heterocycles. The lowest BCUT2D eigenvalue weighted by Crippen LogP contribution is -2.27. The molecule has 0 heterocycles. The Balaban J connectivity index is 2.15. The summed E-state index contributed by atoms with van der Waals surface area (Å²) in [6.45, 7) is 4.50. The SMILES string of the molecule is CNC1CCCC1c1ccc(C(C)C)cc1. The van der Waals surface area contributed by atoms with Gasteiger partial charge in [-0.1, -0.05) is 44.5 Å². The Hall–Kier alpha value is -0.820. The smallest absolute Gasteiger partial charge is 0.0133 e. The van der Waals surface area contributed by atoms with Crippen molar-refractivity contribution in [2.75, 3.05) is 7.05 Å². The number of nitrogens with one attached hydrogen (secondary N) is 1. The summed E-state index contributed by atoms with van der Waals surface area (Å²) in [4.78, 5) is 0. The van der Waals surface area contributed by atoms with Gasteiger partial charge >= 0.3 is 0 Å². The number of rotatable bonds is 3. The van der Waals surface area contributed by atoms with Gasteiger partial charge < -0.3 is 5.32 Å². The normalized spacial score (nSPS) is 25.2. The van der Waals surface area contributed by atoms with Crippen LogP contribution in [0.5, 0.6) is 0 Å². The second-order valence-electron chi connectivity index (χ2n) is 5.25. The van der Waals surface area contributed by atoms with E-state index in [1.807, 2.05) is 0 Å². The Labute approximate surface area is 99.3 Å². The van der Waals surface area contributed by atoms with Crippen LogP contribution in [0.2, 0.25) is 0 Å². The zero-order valence-corrected chi connectivity index (χ0v) is 10.7. The van der Waals surface area contributed by atoms with Crippen molar-refractivity contribution in [1.29, 1.82) is 0 Å². The maximum Gasteiger partial charge on any atom is 0.0133 e. The van der Waals surface area contributed by atoms with Crippen LogP contribution >= 0.6 is 0 Å². The van der Waals surface area contributed by atoms with Gasteiger partial charge in [-0.25, -0.2) is 0 Å². The fraction of sp³-hybridized carbons (Fsp3) is 0.600. The van der Waals surface area contributed by atoms with Crippen LogP contribution in [-0.4, -0.2) is 13.1 Å². The maximum atomic E-state index is 3.45. The van der Waals surface area contributed by atoms with Gasteiger partial charge in [0.05, 0.1) is 0 Å². The average Bonchev–Trinajstić information content (AvgIpc) is 2.77. The summed E-state index contributed by atoms with van der Waals surface area (Å²) in [5, 5.41) is 3.45. The van der Waals surface area contributed by atoms with E-state index in [0.29, 0.717) is 12.0 Å². The van der Waals surface area contributed by atoms with Gasteiger partial charge in [-0.15, -0.1) is 0 Å². The highest BCUT2D eigenvalue weighted by Gasteiger charge is 2.26. The molecule has 1 heteroatoms. The first kappa shape index (κ1) is 11.7. The average molecular weight is 217 g/mol. The molecular weight excluding hydrogens is 194 g/mol. The lowest BCUT2D eigenvalue weighted by Gasteiger charge is -2.20. The molecule has 88 valence electrons. The fourth-order valence-corrected chi connectivity index (χ4v) is 2.83. The summed E-state index contributed by atoms with van der Waals surface area (Å²) in [5.41, 5.74) is 2.96. The lowest BCUT2D eigenvalue weighted by molar-refractivity contribution is 0.522. The van der Waals surface area contributed by atoms with Crippen LogP contribution in [0, 0.1) is 0 Å². The van der Waals surface area contributed by atoms with Crippen molar-refractivity contribution in [3.8, 4) is 0 Å². The maximum absolute atomic E-state index is 3.45. The van der Waals surface area contributed by atoms with Gasteiger partial charge in [-0.2, -0.15) is 0 Å². The van der Waals surface area contributed by atoms with Crippen LogP contribution in [0.4, 0.5) is 0 Å². The molecule has 1 saturated carbocycles. The van der Waals surface area contributed by atoms with Crippen molar-refractivity contribution in [3.05, 3.63) is 35.4 Å². The van der Waals surface area contributed by atoms with E-state index in [-0.39, 0.29) is 0 Å². The molecule has 0 aliphatic heterocycles. The zero-order chi connectivity index (χ0) is 11.5. The molecule has 0 radical (unpaired) electrons. The molecule has 1 aliphatic carbocycles. The van der Waals surface area contributed by atoms with Gasteiger partial charge in [0.25, 0.3) is 0 Å². The van der Waals surface area contributed by atoms with Crippen molar-refractivity contribution < 1.29 is 0 Å². The molecule has 0 bridgehead atoms. The second kappa shape index (κ2) is 5.01. The number of hydrogen-bond donors (Lipinski definition) is 1.